The van der Waals surface area contributed by atoms with Crippen molar-refractivity contribution in [1.82, 2.24) is 15.5 Å². The molecular weight excluding hydrogens is 467 g/mol. The second-order valence-electron chi connectivity index (χ2n) is 7.61. The first-order valence-electron chi connectivity index (χ1n) is 9.62. The molecule has 6 nitrogen and oxygen atoms in total. The topological polar surface area (TPSA) is 73.8 Å². The Morgan fingerprint density at radius 1 is 1.11 bits per heavy atom. The molecule has 28 heavy (non-hydrogen) atoms. The van der Waals surface area contributed by atoms with E-state index in [0.29, 0.717) is 25.6 Å². The van der Waals surface area contributed by atoms with E-state index in [1.54, 1.807) is 7.05 Å². The zero-order valence-corrected chi connectivity index (χ0v) is 18.6. The van der Waals surface area contributed by atoms with Crippen LogP contribution in [0.25, 0.3) is 0 Å². The Morgan fingerprint density at radius 3 is 2.36 bits per heavy atom. The van der Waals surface area contributed by atoms with E-state index in [2.05, 4.69) is 46.8 Å². The molecule has 2 bridgehead atoms. The smallest absolute Gasteiger partial charge is 0.233 e. The molecule has 2 fully saturated rings. The molecule has 4 atom stereocenters. The second-order valence-corrected chi connectivity index (χ2v) is 7.61. The number of nitrogens with one attached hydrogen (secondary N) is 2. The molecule has 2 amide bonds. The summed E-state index contributed by atoms with van der Waals surface area (Å²) in [5, 5.41) is 6.49. The zero-order valence-electron chi connectivity index (χ0n) is 16.2. The molecule has 2 N–H and O–H groups in total. The summed E-state index contributed by atoms with van der Waals surface area (Å²) in [4.78, 5) is 31.0. The van der Waals surface area contributed by atoms with E-state index < -0.39 is 0 Å². The number of likely N-dealkylation sites (tertiary alicyclic amines) is 1. The standard InChI is InChI=1S/C21H26N4O2.HI/c1-13-5-3-4-6-16(13)12-24-21(22-2)23-9-10-25-19(26)17-14-7-8-15(11-14)18(17)20(25)27;/h3-8,14-15,17-18H,9-12H2,1-2H3,(H2,22,23,24);1H. The Bertz CT molecular complexity index is 792. The van der Waals surface area contributed by atoms with Crippen LogP contribution in [0, 0.1) is 30.6 Å². The third-order valence-electron chi connectivity index (χ3n) is 6.12. The summed E-state index contributed by atoms with van der Waals surface area (Å²) in [5.41, 5.74) is 2.43. The van der Waals surface area contributed by atoms with E-state index in [4.69, 9.17) is 0 Å². The number of aliphatic imine (C=N–C) groups is 1. The van der Waals surface area contributed by atoms with Gasteiger partial charge in [-0.2, -0.15) is 0 Å². The molecule has 1 aromatic rings. The molecule has 4 rings (SSSR count). The fourth-order valence-electron chi connectivity index (χ4n) is 4.68. The van der Waals surface area contributed by atoms with Crippen molar-refractivity contribution in [2.75, 3.05) is 20.1 Å². The van der Waals surface area contributed by atoms with Crippen LogP contribution in [-0.4, -0.2) is 42.8 Å². The van der Waals surface area contributed by atoms with E-state index in [9.17, 15) is 9.59 Å². The van der Waals surface area contributed by atoms with Crippen LogP contribution in [0.1, 0.15) is 17.5 Å². The maximum atomic E-state index is 12.7. The highest BCUT2D eigenvalue weighted by Crippen LogP contribution is 2.52. The normalized spacial score (nSPS) is 27.8. The Morgan fingerprint density at radius 2 is 1.75 bits per heavy atom. The monoisotopic (exact) mass is 494 g/mol. The van der Waals surface area contributed by atoms with Crippen molar-refractivity contribution in [3.05, 3.63) is 47.5 Å². The van der Waals surface area contributed by atoms with Crippen molar-refractivity contribution in [3.63, 3.8) is 0 Å². The van der Waals surface area contributed by atoms with Gasteiger partial charge in [0.25, 0.3) is 0 Å². The minimum atomic E-state index is -0.119. The van der Waals surface area contributed by atoms with Gasteiger partial charge in [0.1, 0.15) is 0 Å². The van der Waals surface area contributed by atoms with Crippen molar-refractivity contribution in [3.8, 4) is 0 Å². The number of hydrogen-bond donors (Lipinski definition) is 2. The lowest BCUT2D eigenvalue weighted by Gasteiger charge is -2.19. The lowest BCUT2D eigenvalue weighted by molar-refractivity contribution is -0.140. The molecule has 3 aliphatic rings. The van der Waals surface area contributed by atoms with Crippen LogP contribution in [0.4, 0.5) is 0 Å². The number of guanidine groups is 1. The molecule has 0 aromatic heterocycles. The van der Waals surface area contributed by atoms with Crippen molar-refractivity contribution in [2.24, 2.45) is 28.7 Å². The van der Waals surface area contributed by atoms with Gasteiger partial charge in [-0.05, 0) is 36.3 Å². The Hall–Kier alpha value is -1.90. The quantitative estimate of drug-likeness (QED) is 0.216. The Balaban J connectivity index is 0.00000225. The van der Waals surface area contributed by atoms with E-state index >= 15 is 0 Å². The van der Waals surface area contributed by atoms with E-state index in [0.717, 1.165) is 6.42 Å². The van der Waals surface area contributed by atoms with Crippen LogP contribution in [0.15, 0.2) is 41.4 Å². The first-order chi connectivity index (χ1) is 13.1. The summed E-state index contributed by atoms with van der Waals surface area (Å²) < 4.78 is 0. The number of allylic oxidation sites excluding steroid dienone is 2. The molecule has 1 aromatic carbocycles. The lowest BCUT2D eigenvalue weighted by Crippen LogP contribution is -2.43. The number of fused-ring (bicyclic) bond motifs is 5. The van der Waals surface area contributed by atoms with Crippen LogP contribution in [0.3, 0.4) is 0 Å². The van der Waals surface area contributed by atoms with Gasteiger partial charge >= 0.3 is 0 Å². The fourth-order valence-corrected chi connectivity index (χ4v) is 4.68. The van der Waals surface area contributed by atoms with Crippen LogP contribution in [0.2, 0.25) is 0 Å². The molecule has 150 valence electrons. The average molecular weight is 494 g/mol. The molecule has 1 saturated carbocycles. The van der Waals surface area contributed by atoms with Gasteiger partial charge in [-0.25, -0.2) is 0 Å². The maximum Gasteiger partial charge on any atom is 0.233 e. The van der Waals surface area contributed by atoms with Gasteiger partial charge in [0.2, 0.25) is 11.8 Å². The highest BCUT2D eigenvalue weighted by atomic mass is 127. The predicted octanol–water partition coefficient (Wildman–Crippen LogP) is 2.09. The molecular formula is C21H27IN4O2. The molecule has 0 spiro atoms. The number of amides is 2. The van der Waals surface area contributed by atoms with Crippen LogP contribution < -0.4 is 10.6 Å². The minimum absolute atomic E-state index is 0. The fraction of sp³-hybridized carbons (Fsp3) is 0.476. The lowest BCUT2D eigenvalue weighted by atomic mass is 9.85. The molecule has 0 radical (unpaired) electrons. The van der Waals surface area contributed by atoms with E-state index in [1.807, 2.05) is 12.1 Å². The summed E-state index contributed by atoms with van der Waals surface area (Å²) in [6, 6.07) is 8.20. The second kappa shape index (κ2) is 8.63. The SMILES string of the molecule is CN=C(NCCN1C(=O)C2C3C=CC(C3)C2C1=O)NCc1ccccc1C.I. The number of benzene rings is 1. The van der Waals surface area contributed by atoms with Gasteiger partial charge in [-0.1, -0.05) is 36.4 Å². The van der Waals surface area contributed by atoms with Gasteiger partial charge < -0.3 is 10.6 Å². The van der Waals surface area contributed by atoms with Crippen LogP contribution >= 0.6 is 24.0 Å². The highest BCUT2D eigenvalue weighted by Gasteiger charge is 2.58. The average Bonchev–Trinajstić information content (AvgIpc) is 3.35. The number of halogens is 1. The number of hydrogen-bond acceptors (Lipinski definition) is 3. The van der Waals surface area contributed by atoms with Crippen molar-refractivity contribution >= 4 is 41.8 Å². The largest absolute Gasteiger partial charge is 0.355 e. The third-order valence-corrected chi connectivity index (χ3v) is 6.12. The first kappa shape index (κ1) is 20.8. The molecule has 4 unspecified atom stereocenters. The number of aryl methyl sites for hydroxylation is 1. The van der Waals surface area contributed by atoms with E-state index in [-0.39, 0.29) is 59.5 Å². The van der Waals surface area contributed by atoms with Gasteiger partial charge in [-0.15, -0.1) is 24.0 Å². The molecule has 7 heteroatoms. The van der Waals surface area contributed by atoms with Gasteiger partial charge in [0.05, 0.1) is 11.8 Å². The number of carbonyl (C=O) groups excluding carboxylic acids is 2. The van der Waals surface area contributed by atoms with E-state index in [1.165, 1.54) is 16.0 Å². The summed E-state index contributed by atoms with van der Waals surface area (Å²) in [5.74, 6) is 0.963. The Labute approximate surface area is 182 Å². The highest BCUT2D eigenvalue weighted by molar-refractivity contribution is 14.0. The van der Waals surface area contributed by atoms with Gasteiger partial charge in [-0.3, -0.25) is 19.5 Å². The van der Waals surface area contributed by atoms with Crippen LogP contribution in [-0.2, 0) is 16.1 Å². The predicted molar refractivity (Wildman–Crippen MR) is 119 cm³/mol. The first-order valence-corrected chi connectivity index (χ1v) is 9.62. The summed E-state index contributed by atoms with van der Waals surface area (Å²) in [6.07, 6.45) is 5.21. The van der Waals surface area contributed by atoms with Crippen molar-refractivity contribution in [1.29, 1.82) is 0 Å². The number of rotatable bonds is 5. The molecule has 1 aliphatic heterocycles. The summed E-state index contributed by atoms with van der Waals surface area (Å²) in [7, 11) is 1.72. The summed E-state index contributed by atoms with van der Waals surface area (Å²) in [6.45, 7) is 3.63. The molecule has 1 saturated heterocycles. The number of imide groups is 1. The molecule has 2 aliphatic carbocycles. The maximum absolute atomic E-state index is 12.7. The van der Waals surface area contributed by atoms with Crippen molar-refractivity contribution < 1.29 is 9.59 Å². The van der Waals surface area contributed by atoms with Crippen molar-refractivity contribution in [2.45, 2.75) is 19.9 Å². The number of nitrogens with zero attached hydrogens (tertiary/aromatic N) is 2. The van der Waals surface area contributed by atoms with Crippen LogP contribution in [0.5, 0.6) is 0 Å². The third kappa shape index (κ3) is 3.68. The number of carbonyl (C=O) groups is 2. The minimum Gasteiger partial charge on any atom is -0.355 e. The Kier molecular flexibility index (Phi) is 6.42. The van der Waals surface area contributed by atoms with Gasteiger partial charge in [0, 0.05) is 26.7 Å². The zero-order chi connectivity index (χ0) is 19.0. The molecule has 1 heterocycles. The van der Waals surface area contributed by atoms with Gasteiger partial charge in [0.15, 0.2) is 5.96 Å². The summed E-state index contributed by atoms with van der Waals surface area (Å²) >= 11 is 0.